The van der Waals surface area contributed by atoms with E-state index < -0.39 is 0 Å². The highest BCUT2D eigenvalue weighted by Gasteiger charge is 2.20. The summed E-state index contributed by atoms with van der Waals surface area (Å²) in [6.45, 7) is 0. The second kappa shape index (κ2) is 6.19. The van der Waals surface area contributed by atoms with E-state index in [2.05, 4.69) is 23.2 Å². The number of pyridine rings is 1. The Balaban J connectivity index is 1.94. The predicted molar refractivity (Wildman–Crippen MR) is 84.4 cm³/mol. The molecule has 1 aromatic carbocycles. The number of thioether (sulfide) groups is 1. The Hall–Kier alpha value is -1.99. The van der Waals surface area contributed by atoms with Crippen LogP contribution in [0.5, 0.6) is 0 Å². The summed E-state index contributed by atoms with van der Waals surface area (Å²) >= 11 is 1.66. The SMILES string of the molecule is N#Cc1c2c(c(SCc3ccccc3)[nH]c1=O)CCCC2. The molecule has 106 valence electrons. The third-order valence-electron chi connectivity index (χ3n) is 3.84. The minimum absolute atomic E-state index is 0.242. The van der Waals surface area contributed by atoms with E-state index in [9.17, 15) is 10.1 Å². The van der Waals surface area contributed by atoms with Gasteiger partial charge in [-0.2, -0.15) is 5.26 Å². The van der Waals surface area contributed by atoms with Crippen LogP contribution in [0.4, 0.5) is 0 Å². The molecule has 0 fully saturated rings. The average molecular weight is 296 g/mol. The van der Waals surface area contributed by atoms with Gasteiger partial charge >= 0.3 is 0 Å². The molecule has 1 N–H and O–H groups in total. The van der Waals surface area contributed by atoms with Gasteiger partial charge in [-0.1, -0.05) is 30.3 Å². The standard InChI is InChI=1S/C17H16N2OS/c18-10-15-13-8-4-5-9-14(13)17(19-16(15)20)21-11-12-6-2-1-3-7-12/h1-3,6-7H,4-5,8-9,11H2,(H,19,20). The van der Waals surface area contributed by atoms with Crippen LogP contribution in [0.2, 0.25) is 0 Å². The van der Waals surface area contributed by atoms with Crippen LogP contribution in [0.15, 0.2) is 40.2 Å². The van der Waals surface area contributed by atoms with Gasteiger partial charge in [0.15, 0.2) is 0 Å². The lowest BCUT2D eigenvalue weighted by atomic mass is 9.90. The Morgan fingerprint density at radius 2 is 1.86 bits per heavy atom. The quantitative estimate of drug-likeness (QED) is 0.883. The van der Waals surface area contributed by atoms with Gasteiger partial charge in [0.1, 0.15) is 11.6 Å². The number of aromatic amines is 1. The number of aromatic nitrogens is 1. The fraction of sp³-hybridized carbons (Fsp3) is 0.294. The Morgan fingerprint density at radius 1 is 1.14 bits per heavy atom. The highest BCUT2D eigenvalue weighted by atomic mass is 32.2. The van der Waals surface area contributed by atoms with Crippen molar-refractivity contribution in [2.45, 2.75) is 36.5 Å². The van der Waals surface area contributed by atoms with E-state index in [-0.39, 0.29) is 5.56 Å². The van der Waals surface area contributed by atoms with E-state index in [1.165, 1.54) is 11.1 Å². The van der Waals surface area contributed by atoms with E-state index in [1.807, 2.05) is 18.2 Å². The normalized spacial score (nSPS) is 13.5. The molecule has 0 saturated heterocycles. The first kappa shape index (κ1) is 14.0. The van der Waals surface area contributed by atoms with Crippen molar-refractivity contribution in [2.75, 3.05) is 0 Å². The number of nitrogens with zero attached hydrogens (tertiary/aromatic N) is 1. The zero-order valence-electron chi connectivity index (χ0n) is 11.7. The molecule has 4 heteroatoms. The van der Waals surface area contributed by atoms with E-state index in [0.29, 0.717) is 5.56 Å². The van der Waals surface area contributed by atoms with Crippen LogP contribution in [0.1, 0.15) is 35.1 Å². The number of fused-ring (bicyclic) bond motifs is 1. The maximum Gasteiger partial charge on any atom is 0.267 e. The second-order valence-electron chi connectivity index (χ2n) is 5.21. The minimum atomic E-state index is -0.242. The summed E-state index contributed by atoms with van der Waals surface area (Å²) in [4.78, 5) is 15.0. The molecule has 0 spiro atoms. The van der Waals surface area contributed by atoms with Crippen LogP contribution in [-0.4, -0.2) is 4.98 Å². The smallest absolute Gasteiger partial charge is 0.267 e. The van der Waals surface area contributed by atoms with Crippen LogP contribution in [0, 0.1) is 11.3 Å². The number of benzene rings is 1. The summed E-state index contributed by atoms with van der Waals surface area (Å²) in [6.07, 6.45) is 4.00. The molecule has 0 amide bonds. The van der Waals surface area contributed by atoms with Crippen LogP contribution < -0.4 is 5.56 Å². The summed E-state index contributed by atoms with van der Waals surface area (Å²) in [7, 11) is 0. The highest BCUT2D eigenvalue weighted by Crippen LogP contribution is 2.31. The number of hydrogen-bond donors (Lipinski definition) is 1. The second-order valence-corrected chi connectivity index (χ2v) is 6.19. The van der Waals surface area contributed by atoms with E-state index in [0.717, 1.165) is 42.0 Å². The molecular formula is C17H16N2OS. The largest absolute Gasteiger partial charge is 0.316 e. The number of rotatable bonds is 3. The molecule has 1 aliphatic rings. The Morgan fingerprint density at radius 3 is 2.57 bits per heavy atom. The fourth-order valence-electron chi connectivity index (χ4n) is 2.78. The third-order valence-corrected chi connectivity index (χ3v) is 4.95. The molecule has 2 aromatic rings. The fourth-order valence-corrected chi connectivity index (χ4v) is 3.85. The van der Waals surface area contributed by atoms with Gasteiger partial charge in [-0.05, 0) is 42.4 Å². The first-order chi connectivity index (χ1) is 10.3. The van der Waals surface area contributed by atoms with Gasteiger partial charge in [-0.15, -0.1) is 11.8 Å². The molecule has 0 radical (unpaired) electrons. The maximum atomic E-state index is 12.1. The van der Waals surface area contributed by atoms with Crippen LogP contribution in [-0.2, 0) is 18.6 Å². The molecular weight excluding hydrogens is 280 g/mol. The topological polar surface area (TPSA) is 56.6 Å². The molecule has 3 rings (SSSR count). The van der Waals surface area contributed by atoms with Gasteiger partial charge in [0.25, 0.3) is 5.56 Å². The first-order valence-corrected chi connectivity index (χ1v) is 8.13. The van der Waals surface area contributed by atoms with Gasteiger partial charge in [0, 0.05) is 5.75 Å². The molecule has 1 heterocycles. The summed E-state index contributed by atoms with van der Waals surface area (Å²) in [6, 6.07) is 12.3. The highest BCUT2D eigenvalue weighted by molar-refractivity contribution is 7.98. The summed E-state index contributed by atoms with van der Waals surface area (Å²) in [5, 5.41) is 10.1. The number of nitriles is 1. The number of H-pyrrole nitrogens is 1. The van der Waals surface area contributed by atoms with Crippen LogP contribution in [0.3, 0.4) is 0 Å². The zero-order chi connectivity index (χ0) is 14.7. The molecule has 0 atom stereocenters. The molecule has 3 nitrogen and oxygen atoms in total. The molecule has 0 bridgehead atoms. The third kappa shape index (κ3) is 2.88. The molecule has 1 aliphatic carbocycles. The molecule has 0 saturated carbocycles. The van der Waals surface area contributed by atoms with Gasteiger partial charge in [0.05, 0.1) is 5.03 Å². The molecule has 0 aliphatic heterocycles. The van der Waals surface area contributed by atoms with Crippen molar-refractivity contribution < 1.29 is 0 Å². The minimum Gasteiger partial charge on any atom is -0.316 e. The van der Waals surface area contributed by atoms with Crippen molar-refractivity contribution >= 4 is 11.8 Å². The Kier molecular flexibility index (Phi) is 4.12. The lowest BCUT2D eigenvalue weighted by Crippen LogP contribution is -2.20. The van der Waals surface area contributed by atoms with E-state index in [4.69, 9.17) is 0 Å². The van der Waals surface area contributed by atoms with E-state index >= 15 is 0 Å². The lowest BCUT2D eigenvalue weighted by molar-refractivity contribution is 0.663. The van der Waals surface area contributed by atoms with Crippen molar-refractivity contribution in [3.8, 4) is 6.07 Å². The molecule has 0 unspecified atom stereocenters. The summed E-state index contributed by atoms with van der Waals surface area (Å²) in [5.41, 5.74) is 3.46. The van der Waals surface area contributed by atoms with Gasteiger partial charge < -0.3 is 4.98 Å². The monoisotopic (exact) mass is 296 g/mol. The van der Waals surface area contributed by atoms with Crippen molar-refractivity contribution in [2.24, 2.45) is 0 Å². The number of nitrogens with one attached hydrogen (secondary N) is 1. The lowest BCUT2D eigenvalue weighted by Gasteiger charge is -2.19. The molecule has 21 heavy (non-hydrogen) atoms. The Bertz CT molecular complexity index is 744. The van der Waals surface area contributed by atoms with Gasteiger partial charge in [-0.25, -0.2) is 0 Å². The first-order valence-electron chi connectivity index (χ1n) is 7.14. The van der Waals surface area contributed by atoms with Crippen molar-refractivity contribution in [3.05, 3.63) is 62.9 Å². The summed E-state index contributed by atoms with van der Waals surface area (Å²) < 4.78 is 0. The average Bonchev–Trinajstić information content (AvgIpc) is 2.54. The van der Waals surface area contributed by atoms with E-state index in [1.54, 1.807) is 11.8 Å². The number of hydrogen-bond acceptors (Lipinski definition) is 3. The Labute approximate surface area is 128 Å². The van der Waals surface area contributed by atoms with Gasteiger partial charge in [-0.3, -0.25) is 4.79 Å². The van der Waals surface area contributed by atoms with Crippen molar-refractivity contribution in [3.63, 3.8) is 0 Å². The van der Waals surface area contributed by atoms with Crippen molar-refractivity contribution in [1.82, 2.24) is 4.98 Å². The zero-order valence-corrected chi connectivity index (χ0v) is 12.5. The summed E-state index contributed by atoms with van der Waals surface area (Å²) in [5.74, 6) is 0.828. The maximum absolute atomic E-state index is 12.1. The van der Waals surface area contributed by atoms with Crippen LogP contribution >= 0.6 is 11.8 Å². The van der Waals surface area contributed by atoms with Crippen molar-refractivity contribution in [1.29, 1.82) is 5.26 Å². The predicted octanol–water partition coefficient (Wildman–Crippen LogP) is 3.42. The van der Waals surface area contributed by atoms with Gasteiger partial charge in [0.2, 0.25) is 0 Å². The molecule has 1 aromatic heterocycles. The van der Waals surface area contributed by atoms with Crippen LogP contribution in [0.25, 0.3) is 0 Å².